The largest absolute Gasteiger partial charge is 0.496 e. The van der Waals surface area contributed by atoms with Crippen LogP contribution in [0.5, 0.6) is 5.75 Å². The van der Waals surface area contributed by atoms with Crippen molar-refractivity contribution in [2.75, 3.05) is 18.7 Å². The lowest BCUT2D eigenvalue weighted by atomic mass is 10.0. The molecule has 0 aliphatic carbocycles. The molecule has 0 radical (unpaired) electrons. The molecule has 0 bridgehead atoms. The number of methoxy groups -OCH3 is 1. The first kappa shape index (κ1) is 22.6. The van der Waals surface area contributed by atoms with Crippen molar-refractivity contribution in [3.8, 4) is 28.2 Å². The number of hydrogen-bond acceptors (Lipinski definition) is 6. The first-order valence-electron chi connectivity index (χ1n) is 9.74. The first-order chi connectivity index (χ1) is 15.8. The van der Waals surface area contributed by atoms with Crippen LogP contribution < -0.4 is 10.1 Å². The van der Waals surface area contributed by atoms with Gasteiger partial charge in [-0.1, -0.05) is 23.7 Å². The van der Waals surface area contributed by atoms with E-state index < -0.39 is 9.84 Å². The number of aromatic nitrogens is 1. The molecule has 0 saturated carbocycles. The van der Waals surface area contributed by atoms with Crippen LogP contribution in [0, 0.1) is 0 Å². The Hall–Kier alpha value is -3.62. The van der Waals surface area contributed by atoms with Crippen LogP contribution in [-0.2, 0) is 9.84 Å². The second-order valence-corrected chi connectivity index (χ2v) is 9.65. The minimum Gasteiger partial charge on any atom is -0.496 e. The fourth-order valence-corrected chi connectivity index (χ4v) is 4.15. The molecule has 0 aliphatic rings. The van der Waals surface area contributed by atoms with Crippen LogP contribution in [0.25, 0.3) is 22.5 Å². The van der Waals surface area contributed by atoms with E-state index in [2.05, 4.69) is 10.3 Å². The van der Waals surface area contributed by atoms with Crippen LogP contribution in [0.1, 0.15) is 10.4 Å². The molecule has 168 valence electrons. The van der Waals surface area contributed by atoms with Gasteiger partial charge >= 0.3 is 0 Å². The number of amides is 1. The van der Waals surface area contributed by atoms with E-state index in [9.17, 15) is 13.2 Å². The van der Waals surface area contributed by atoms with E-state index in [1.165, 1.54) is 25.6 Å². The Bertz CT molecular complexity index is 1420. The molecule has 3 aromatic carbocycles. The van der Waals surface area contributed by atoms with Crippen molar-refractivity contribution in [3.63, 3.8) is 0 Å². The molecular formula is C24H19ClN2O5S. The molecule has 33 heavy (non-hydrogen) atoms. The monoisotopic (exact) mass is 482 g/mol. The SMILES string of the molecule is COc1cc(NC(=O)c2ccc(Cl)c(-c3ccc(S(C)(=O)=O)cc3)c2)ccc1-c1cnco1. The van der Waals surface area contributed by atoms with E-state index in [4.69, 9.17) is 20.8 Å². The van der Waals surface area contributed by atoms with E-state index in [0.29, 0.717) is 44.5 Å². The molecule has 1 heterocycles. The van der Waals surface area contributed by atoms with Crippen LogP contribution in [-0.4, -0.2) is 32.7 Å². The standard InChI is InChI=1S/C24H19ClN2O5S/c1-31-22-12-17(6-9-19(22)23-13-26-14-32-23)27-24(28)16-5-10-21(25)20(11-16)15-3-7-18(8-4-15)33(2,29)30/h3-14H,1-2H3,(H,27,28). The summed E-state index contributed by atoms with van der Waals surface area (Å²) in [4.78, 5) is 17.0. The fraction of sp³-hybridized carbons (Fsp3) is 0.0833. The van der Waals surface area contributed by atoms with E-state index in [0.717, 1.165) is 6.26 Å². The number of hydrogen-bond donors (Lipinski definition) is 1. The summed E-state index contributed by atoms with van der Waals surface area (Å²) in [5.41, 5.74) is 2.94. The molecule has 1 aromatic heterocycles. The highest BCUT2D eigenvalue weighted by Crippen LogP contribution is 2.33. The Morgan fingerprint density at radius 2 is 1.79 bits per heavy atom. The topological polar surface area (TPSA) is 98.5 Å². The highest BCUT2D eigenvalue weighted by atomic mass is 35.5. The third-order valence-corrected chi connectivity index (χ3v) is 6.44. The number of halogens is 1. The number of oxazole rings is 1. The molecule has 4 aromatic rings. The summed E-state index contributed by atoms with van der Waals surface area (Å²) < 4.78 is 34.1. The second-order valence-electron chi connectivity index (χ2n) is 7.23. The summed E-state index contributed by atoms with van der Waals surface area (Å²) in [6.07, 6.45) is 4.05. The molecule has 0 spiro atoms. The van der Waals surface area contributed by atoms with Gasteiger partial charge in [0.1, 0.15) is 5.75 Å². The number of ether oxygens (including phenoxy) is 1. The molecule has 0 aliphatic heterocycles. The zero-order valence-corrected chi connectivity index (χ0v) is 19.3. The number of nitrogens with one attached hydrogen (secondary N) is 1. The summed E-state index contributed by atoms with van der Waals surface area (Å²) in [7, 11) is -1.78. The van der Waals surface area contributed by atoms with Crippen molar-refractivity contribution in [1.29, 1.82) is 0 Å². The van der Waals surface area contributed by atoms with Crippen molar-refractivity contribution in [3.05, 3.63) is 83.8 Å². The Morgan fingerprint density at radius 1 is 1.03 bits per heavy atom. The van der Waals surface area contributed by atoms with Crippen molar-refractivity contribution in [2.45, 2.75) is 4.90 Å². The number of anilines is 1. The van der Waals surface area contributed by atoms with Gasteiger partial charge in [-0.2, -0.15) is 0 Å². The zero-order chi connectivity index (χ0) is 23.6. The van der Waals surface area contributed by atoms with E-state index in [1.807, 2.05) is 0 Å². The average molecular weight is 483 g/mol. The van der Waals surface area contributed by atoms with Gasteiger partial charge in [0.15, 0.2) is 22.0 Å². The minimum atomic E-state index is -3.31. The number of carbonyl (C=O) groups is 1. The van der Waals surface area contributed by atoms with Crippen LogP contribution in [0.15, 0.2) is 82.6 Å². The van der Waals surface area contributed by atoms with E-state index in [1.54, 1.807) is 54.7 Å². The van der Waals surface area contributed by atoms with Crippen LogP contribution in [0.4, 0.5) is 5.69 Å². The Kier molecular flexibility index (Phi) is 6.22. The van der Waals surface area contributed by atoms with Gasteiger partial charge in [-0.15, -0.1) is 0 Å². The molecule has 1 amide bonds. The van der Waals surface area contributed by atoms with Gasteiger partial charge in [-0.3, -0.25) is 4.79 Å². The lowest BCUT2D eigenvalue weighted by Gasteiger charge is -2.12. The zero-order valence-electron chi connectivity index (χ0n) is 17.7. The summed E-state index contributed by atoms with van der Waals surface area (Å²) in [6.45, 7) is 0. The minimum absolute atomic E-state index is 0.207. The number of benzene rings is 3. The Labute approximate surface area is 195 Å². The molecule has 7 nitrogen and oxygen atoms in total. The average Bonchev–Trinajstić information content (AvgIpc) is 3.33. The van der Waals surface area contributed by atoms with Crippen molar-refractivity contribution >= 4 is 33.0 Å². The van der Waals surface area contributed by atoms with E-state index >= 15 is 0 Å². The molecular weight excluding hydrogens is 464 g/mol. The maximum absolute atomic E-state index is 12.9. The summed E-state index contributed by atoms with van der Waals surface area (Å²) in [5.74, 6) is 0.733. The predicted octanol–water partition coefficient (Wildman–Crippen LogP) is 5.33. The third kappa shape index (κ3) is 4.92. The van der Waals surface area contributed by atoms with Gasteiger partial charge in [0.2, 0.25) is 0 Å². The van der Waals surface area contributed by atoms with Crippen molar-refractivity contribution in [1.82, 2.24) is 4.98 Å². The molecule has 0 atom stereocenters. The summed E-state index contributed by atoms with van der Waals surface area (Å²) >= 11 is 6.35. The third-order valence-electron chi connectivity index (χ3n) is 4.98. The first-order valence-corrected chi connectivity index (χ1v) is 12.0. The second kappa shape index (κ2) is 9.09. The smallest absolute Gasteiger partial charge is 0.255 e. The number of sulfone groups is 1. The number of rotatable bonds is 6. The summed E-state index contributed by atoms with van der Waals surface area (Å²) in [5, 5.41) is 3.29. The van der Waals surface area contributed by atoms with Gasteiger partial charge in [-0.25, -0.2) is 13.4 Å². The lowest BCUT2D eigenvalue weighted by Crippen LogP contribution is -2.12. The normalized spacial score (nSPS) is 11.2. The van der Waals surface area contributed by atoms with Crippen LogP contribution >= 0.6 is 11.6 Å². The molecule has 0 fully saturated rings. The number of carbonyl (C=O) groups excluding carboxylic acids is 1. The quantitative estimate of drug-likeness (QED) is 0.399. The molecule has 1 N–H and O–H groups in total. The van der Waals surface area contributed by atoms with Gasteiger partial charge in [0, 0.05) is 34.2 Å². The van der Waals surface area contributed by atoms with Gasteiger partial charge in [0.05, 0.1) is 23.8 Å². The number of nitrogens with zero attached hydrogens (tertiary/aromatic N) is 1. The highest BCUT2D eigenvalue weighted by molar-refractivity contribution is 7.90. The predicted molar refractivity (Wildman–Crippen MR) is 126 cm³/mol. The van der Waals surface area contributed by atoms with Crippen molar-refractivity contribution in [2.24, 2.45) is 0 Å². The van der Waals surface area contributed by atoms with Gasteiger partial charge < -0.3 is 14.5 Å². The molecule has 0 unspecified atom stereocenters. The Balaban J connectivity index is 1.59. The highest BCUT2D eigenvalue weighted by Gasteiger charge is 2.15. The van der Waals surface area contributed by atoms with Crippen molar-refractivity contribution < 1.29 is 22.4 Å². The maximum Gasteiger partial charge on any atom is 0.255 e. The van der Waals surface area contributed by atoms with Crippen LogP contribution in [0.3, 0.4) is 0 Å². The maximum atomic E-state index is 12.9. The molecule has 9 heteroatoms. The molecule has 0 saturated heterocycles. The van der Waals surface area contributed by atoms with E-state index in [-0.39, 0.29) is 10.8 Å². The lowest BCUT2D eigenvalue weighted by molar-refractivity contribution is 0.102. The fourth-order valence-electron chi connectivity index (χ4n) is 3.29. The Morgan fingerprint density at radius 3 is 2.42 bits per heavy atom. The van der Waals surface area contributed by atoms with Crippen LogP contribution in [0.2, 0.25) is 5.02 Å². The molecule has 4 rings (SSSR count). The summed E-state index contributed by atoms with van der Waals surface area (Å²) in [6, 6.07) is 16.4. The van der Waals surface area contributed by atoms with Gasteiger partial charge in [-0.05, 0) is 48.0 Å². The van der Waals surface area contributed by atoms with Gasteiger partial charge in [0.25, 0.3) is 5.91 Å².